The van der Waals surface area contributed by atoms with Crippen LogP contribution in [0.15, 0.2) is 47.9 Å². The molecule has 128 valence electrons. The zero-order valence-electron chi connectivity index (χ0n) is 14.0. The number of hydrogen-bond donors (Lipinski definition) is 1. The minimum atomic E-state index is -0.344. The van der Waals surface area contributed by atoms with E-state index < -0.39 is 0 Å². The van der Waals surface area contributed by atoms with E-state index in [0.717, 1.165) is 40.2 Å². The van der Waals surface area contributed by atoms with Crippen LogP contribution >= 0.6 is 11.8 Å². The first-order valence-corrected chi connectivity index (χ1v) is 8.59. The van der Waals surface area contributed by atoms with Crippen molar-refractivity contribution in [3.8, 4) is 11.4 Å². The maximum atomic E-state index is 11.7. The summed E-state index contributed by atoms with van der Waals surface area (Å²) in [6.45, 7) is 8.09. The molecule has 1 aromatic carbocycles. The summed E-state index contributed by atoms with van der Waals surface area (Å²) in [5.41, 5.74) is 3.96. The molecule has 0 atom stereocenters. The molecule has 1 fully saturated rings. The van der Waals surface area contributed by atoms with Gasteiger partial charge in [-0.15, -0.1) is 0 Å². The standard InChI is InChI=1S/C19H18N2O3S/c1-4-9-24-16-7-5-15(6-8-16)21-12(2)10-14(13(21)3)11-17-18(22)20-19(23)25-17/h4-8,10-11H,1,9H2,2-3H3,(H,20,22,23)/b17-11-. The molecule has 0 saturated carbocycles. The highest BCUT2D eigenvalue weighted by atomic mass is 32.2. The summed E-state index contributed by atoms with van der Waals surface area (Å²) in [7, 11) is 0. The summed E-state index contributed by atoms with van der Waals surface area (Å²) in [5, 5.41) is 1.94. The molecule has 0 aliphatic carbocycles. The first-order valence-electron chi connectivity index (χ1n) is 7.77. The Kier molecular flexibility index (Phi) is 4.81. The van der Waals surface area contributed by atoms with Crippen LogP contribution < -0.4 is 10.1 Å². The van der Waals surface area contributed by atoms with Gasteiger partial charge in [0.15, 0.2) is 0 Å². The van der Waals surface area contributed by atoms with Gasteiger partial charge in [0.1, 0.15) is 12.4 Å². The quantitative estimate of drug-likeness (QED) is 0.652. The highest BCUT2D eigenvalue weighted by Crippen LogP contribution is 2.29. The van der Waals surface area contributed by atoms with E-state index in [1.165, 1.54) is 0 Å². The molecule has 1 aliphatic rings. The van der Waals surface area contributed by atoms with Gasteiger partial charge >= 0.3 is 0 Å². The molecule has 1 aliphatic heterocycles. The zero-order valence-corrected chi connectivity index (χ0v) is 14.9. The number of nitrogens with zero attached hydrogens (tertiary/aromatic N) is 1. The first kappa shape index (κ1) is 17.1. The number of thioether (sulfide) groups is 1. The van der Waals surface area contributed by atoms with Gasteiger partial charge in [-0.25, -0.2) is 0 Å². The number of aromatic nitrogens is 1. The Labute approximate surface area is 150 Å². The highest BCUT2D eigenvalue weighted by Gasteiger charge is 2.25. The van der Waals surface area contributed by atoms with Gasteiger partial charge in [0.05, 0.1) is 4.91 Å². The van der Waals surface area contributed by atoms with Crippen LogP contribution in [0.25, 0.3) is 11.8 Å². The number of carbonyl (C=O) groups excluding carboxylic acids is 2. The second-order valence-corrected chi connectivity index (χ2v) is 6.62. The summed E-state index contributed by atoms with van der Waals surface area (Å²) in [5.74, 6) is 0.439. The van der Waals surface area contributed by atoms with Crippen molar-refractivity contribution in [3.63, 3.8) is 0 Å². The topological polar surface area (TPSA) is 60.3 Å². The van der Waals surface area contributed by atoms with Crippen molar-refractivity contribution < 1.29 is 14.3 Å². The molecule has 0 radical (unpaired) electrons. The van der Waals surface area contributed by atoms with Gasteiger partial charge in [-0.3, -0.25) is 14.9 Å². The van der Waals surface area contributed by atoms with Crippen molar-refractivity contribution in [1.82, 2.24) is 9.88 Å². The number of carbonyl (C=O) groups is 2. The molecule has 1 N–H and O–H groups in total. The monoisotopic (exact) mass is 354 g/mol. The highest BCUT2D eigenvalue weighted by molar-refractivity contribution is 8.18. The molecular formula is C19H18N2O3S. The van der Waals surface area contributed by atoms with E-state index in [1.807, 2.05) is 44.2 Å². The van der Waals surface area contributed by atoms with Gasteiger partial charge in [0.25, 0.3) is 11.1 Å². The number of nitrogens with one attached hydrogen (secondary N) is 1. The average Bonchev–Trinajstić information content (AvgIpc) is 3.04. The van der Waals surface area contributed by atoms with Crippen LogP contribution in [0.5, 0.6) is 5.75 Å². The third-order valence-electron chi connectivity index (χ3n) is 3.86. The maximum Gasteiger partial charge on any atom is 0.290 e. The molecule has 0 unspecified atom stereocenters. The van der Waals surface area contributed by atoms with Crippen molar-refractivity contribution in [2.75, 3.05) is 6.61 Å². The van der Waals surface area contributed by atoms with E-state index in [0.29, 0.717) is 11.5 Å². The van der Waals surface area contributed by atoms with Crippen molar-refractivity contribution >= 4 is 29.0 Å². The van der Waals surface area contributed by atoms with E-state index in [-0.39, 0.29) is 11.1 Å². The van der Waals surface area contributed by atoms with Crippen LogP contribution in [0.1, 0.15) is 17.0 Å². The number of amides is 2. The van der Waals surface area contributed by atoms with Gasteiger partial charge in [-0.05, 0) is 67.6 Å². The zero-order chi connectivity index (χ0) is 18.0. The number of hydrogen-bond acceptors (Lipinski definition) is 4. The molecule has 5 nitrogen and oxygen atoms in total. The molecule has 2 amide bonds. The minimum Gasteiger partial charge on any atom is -0.490 e. The van der Waals surface area contributed by atoms with Crippen LogP contribution in [0.4, 0.5) is 4.79 Å². The van der Waals surface area contributed by atoms with E-state index in [2.05, 4.69) is 16.5 Å². The summed E-state index contributed by atoms with van der Waals surface area (Å²) in [6, 6.07) is 9.79. The number of imide groups is 1. The van der Waals surface area contributed by atoms with E-state index in [1.54, 1.807) is 12.2 Å². The first-order chi connectivity index (χ1) is 12.0. The number of ether oxygens (including phenoxy) is 1. The third kappa shape index (κ3) is 3.53. The van der Waals surface area contributed by atoms with E-state index in [9.17, 15) is 9.59 Å². The maximum absolute atomic E-state index is 11.7. The van der Waals surface area contributed by atoms with Crippen molar-refractivity contribution in [2.24, 2.45) is 0 Å². The number of aryl methyl sites for hydroxylation is 1. The van der Waals surface area contributed by atoms with Gasteiger partial charge < -0.3 is 9.30 Å². The predicted octanol–water partition coefficient (Wildman–Crippen LogP) is 3.98. The lowest BCUT2D eigenvalue weighted by atomic mass is 10.2. The predicted molar refractivity (Wildman–Crippen MR) is 100 cm³/mol. The van der Waals surface area contributed by atoms with Crippen molar-refractivity contribution in [3.05, 3.63) is 64.8 Å². The molecule has 25 heavy (non-hydrogen) atoms. The minimum absolute atomic E-state index is 0.333. The fourth-order valence-corrected chi connectivity index (χ4v) is 3.41. The van der Waals surface area contributed by atoms with Crippen LogP contribution in [-0.2, 0) is 4.79 Å². The second-order valence-electron chi connectivity index (χ2n) is 5.61. The van der Waals surface area contributed by atoms with Crippen LogP contribution in [0, 0.1) is 13.8 Å². The number of benzene rings is 1. The molecule has 0 spiro atoms. The smallest absolute Gasteiger partial charge is 0.290 e. The summed E-state index contributed by atoms with van der Waals surface area (Å²) in [4.78, 5) is 23.5. The lowest BCUT2D eigenvalue weighted by Crippen LogP contribution is -2.17. The fourth-order valence-electron chi connectivity index (χ4n) is 2.74. The Bertz CT molecular complexity index is 879. The largest absolute Gasteiger partial charge is 0.490 e. The average molecular weight is 354 g/mol. The van der Waals surface area contributed by atoms with Crippen LogP contribution in [-0.4, -0.2) is 22.3 Å². The Balaban J connectivity index is 1.92. The molecule has 1 saturated heterocycles. The molecule has 0 bridgehead atoms. The Hall–Kier alpha value is -2.73. The van der Waals surface area contributed by atoms with Crippen molar-refractivity contribution in [2.45, 2.75) is 13.8 Å². The van der Waals surface area contributed by atoms with Gasteiger partial charge in [0, 0.05) is 17.1 Å². The molecule has 6 heteroatoms. The Morgan fingerprint density at radius 1 is 1.24 bits per heavy atom. The van der Waals surface area contributed by atoms with Crippen LogP contribution in [0.2, 0.25) is 0 Å². The van der Waals surface area contributed by atoms with Crippen molar-refractivity contribution in [1.29, 1.82) is 0 Å². The Morgan fingerprint density at radius 2 is 1.96 bits per heavy atom. The van der Waals surface area contributed by atoms with Gasteiger partial charge in [-0.2, -0.15) is 0 Å². The molecule has 2 aromatic rings. The molecular weight excluding hydrogens is 336 g/mol. The van der Waals surface area contributed by atoms with Gasteiger partial charge in [-0.1, -0.05) is 12.7 Å². The lowest BCUT2D eigenvalue weighted by Gasteiger charge is -2.11. The normalized spacial score (nSPS) is 15.5. The summed E-state index contributed by atoms with van der Waals surface area (Å²) in [6.07, 6.45) is 3.46. The molecule has 3 rings (SSSR count). The SMILES string of the molecule is C=CCOc1ccc(-n2c(C)cc(/C=C3\SC(=O)NC3=O)c2C)cc1. The third-order valence-corrected chi connectivity index (χ3v) is 4.67. The van der Waals surface area contributed by atoms with Crippen LogP contribution in [0.3, 0.4) is 0 Å². The second kappa shape index (κ2) is 7.03. The molecule has 1 aromatic heterocycles. The Morgan fingerprint density at radius 3 is 2.56 bits per heavy atom. The summed E-state index contributed by atoms with van der Waals surface area (Å²) >= 11 is 0.925. The lowest BCUT2D eigenvalue weighted by molar-refractivity contribution is -0.115. The molecule has 2 heterocycles. The number of rotatable bonds is 5. The van der Waals surface area contributed by atoms with Gasteiger partial charge in [0.2, 0.25) is 0 Å². The fraction of sp³-hybridized carbons (Fsp3) is 0.158. The van der Waals surface area contributed by atoms with E-state index >= 15 is 0 Å². The summed E-state index contributed by atoms with van der Waals surface area (Å²) < 4.78 is 7.61. The van der Waals surface area contributed by atoms with E-state index in [4.69, 9.17) is 4.74 Å².